The molecule has 6 nitrogen and oxygen atoms in total. The van der Waals surface area contributed by atoms with Gasteiger partial charge >= 0.3 is 0 Å². The fourth-order valence-corrected chi connectivity index (χ4v) is 3.46. The summed E-state index contributed by atoms with van der Waals surface area (Å²) in [5.74, 6) is 0.240. The van der Waals surface area contributed by atoms with Gasteiger partial charge in [0.2, 0.25) is 0 Å². The normalized spacial score (nSPS) is 11.2. The smallest absolute Gasteiger partial charge is 0.263 e. The van der Waals surface area contributed by atoms with Crippen molar-refractivity contribution in [2.45, 2.75) is 18.4 Å². The third-order valence-electron chi connectivity index (χ3n) is 3.66. The molecule has 0 aliphatic heterocycles. The summed E-state index contributed by atoms with van der Waals surface area (Å²) in [5.41, 5.74) is 2.51. The molecule has 0 unspecified atom stereocenters. The molecule has 3 aromatic rings. The van der Waals surface area contributed by atoms with E-state index in [4.69, 9.17) is 11.6 Å². The lowest BCUT2D eigenvalue weighted by atomic mass is 10.2. The average Bonchev–Trinajstić information content (AvgIpc) is 2.64. The number of nitrogens with one attached hydrogen (secondary N) is 2. The predicted molar refractivity (Wildman–Crippen MR) is 103 cm³/mol. The van der Waals surface area contributed by atoms with Gasteiger partial charge in [-0.05, 0) is 54.4 Å². The van der Waals surface area contributed by atoms with Crippen molar-refractivity contribution in [3.63, 3.8) is 0 Å². The van der Waals surface area contributed by atoms with Crippen LogP contribution in [0.3, 0.4) is 0 Å². The summed E-state index contributed by atoms with van der Waals surface area (Å²) < 4.78 is 27.4. The van der Waals surface area contributed by atoms with Gasteiger partial charge in [-0.15, -0.1) is 0 Å². The second kappa shape index (κ2) is 7.72. The van der Waals surface area contributed by atoms with Gasteiger partial charge in [-0.25, -0.2) is 13.4 Å². The first kappa shape index (κ1) is 18.2. The van der Waals surface area contributed by atoms with Crippen LogP contribution in [0, 0.1) is 6.92 Å². The average molecular weight is 389 g/mol. The molecule has 0 aliphatic carbocycles. The summed E-state index contributed by atoms with van der Waals surface area (Å²) in [7, 11) is -3.72. The van der Waals surface area contributed by atoms with Gasteiger partial charge in [0.05, 0.1) is 16.8 Å². The molecule has 1 aromatic carbocycles. The molecule has 8 heteroatoms. The van der Waals surface area contributed by atoms with Gasteiger partial charge in [-0.2, -0.15) is 0 Å². The predicted octanol–water partition coefficient (Wildman–Crippen LogP) is 3.85. The quantitative estimate of drug-likeness (QED) is 0.670. The molecular formula is C18H17ClN4O2S. The Kier molecular flexibility index (Phi) is 5.39. The minimum atomic E-state index is -3.72. The van der Waals surface area contributed by atoms with Gasteiger partial charge in [0.1, 0.15) is 5.82 Å². The number of rotatable bonds is 6. The fourth-order valence-electron chi connectivity index (χ4n) is 2.25. The fraction of sp³-hybridized carbons (Fsp3) is 0.111. The lowest BCUT2D eigenvalue weighted by molar-refractivity contribution is 0.601. The van der Waals surface area contributed by atoms with Crippen molar-refractivity contribution in [2.24, 2.45) is 0 Å². The molecule has 0 aliphatic rings. The highest BCUT2D eigenvalue weighted by Gasteiger charge is 2.15. The molecule has 0 fully saturated rings. The Bertz CT molecular complexity index is 993. The number of pyridine rings is 2. The first-order valence-electron chi connectivity index (χ1n) is 7.82. The SMILES string of the molecule is Cc1cc(S(=O)(=O)Nc2ccc(NCc3cccnc3)cn2)ccc1Cl. The van der Waals surface area contributed by atoms with Gasteiger partial charge in [-0.3, -0.25) is 9.71 Å². The van der Waals surface area contributed by atoms with E-state index in [-0.39, 0.29) is 10.7 Å². The number of aromatic nitrogens is 2. The summed E-state index contributed by atoms with van der Waals surface area (Å²) >= 11 is 5.94. The second-order valence-electron chi connectivity index (χ2n) is 5.66. The molecule has 2 heterocycles. The van der Waals surface area contributed by atoms with E-state index in [0.29, 0.717) is 17.1 Å². The van der Waals surface area contributed by atoms with Crippen molar-refractivity contribution < 1.29 is 8.42 Å². The maximum atomic E-state index is 12.4. The van der Waals surface area contributed by atoms with Crippen LogP contribution in [0.4, 0.5) is 11.5 Å². The summed E-state index contributed by atoms with van der Waals surface area (Å²) in [4.78, 5) is 8.34. The van der Waals surface area contributed by atoms with Crippen molar-refractivity contribution in [1.29, 1.82) is 0 Å². The summed E-state index contributed by atoms with van der Waals surface area (Å²) in [5, 5.41) is 3.72. The van der Waals surface area contributed by atoms with Gasteiger partial charge < -0.3 is 5.32 Å². The highest BCUT2D eigenvalue weighted by molar-refractivity contribution is 7.92. The van der Waals surface area contributed by atoms with Crippen LogP contribution in [0.5, 0.6) is 0 Å². The Balaban J connectivity index is 1.67. The number of nitrogens with zero attached hydrogens (tertiary/aromatic N) is 2. The number of anilines is 2. The molecule has 0 amide bonds. The highest BCUT2D eigenvalue weighted by Crippen LogP contribution is 2.21. The van der Waals surface area contributed by atoms with Crippen LogP contribution < -0.4 is 10.0 Å². The molecule has 3 rings (SSSR count). The third kappa shape index (κ3) is 4.50. The molecule has 0 saturated heterocycles. The van der Waals surface area contributed by atoms with E-state index in [2.05, 4.69) is 20.0 Å². The Morgan fingerprint density at radius 3 is 2.62 bits per heavy atom. The molecule has 0 atom stereocenters. The standard InChI is InChI=1S/C18H17ClN4O2S/c1-13-9-16(5-6-17(13)19)26(24,25)23-18-7-4-15(12-22-18)21-11-14-3-2-8-20-10-14/h2-10,12,21H,11H2,1H3,(H,22,23). The van der Waals surface area contributed by atoms with Crippen LogP contribution in [-0.2, 0) is 16.6 Å². The molecule has 2 aromatic heterocycles. The number of halogens is 1. The van der Waals surface area contributed by atoms with Gasteiger partial charge in [0, 0.05) is 24.0 Å². The monoisotopic (exact) mass is 388 g/mol. The minimum absolute atomic E-state index is 0.139. The minimum Gasteiger partial charge on any atom is -0.380 e. The van der Waals surface area contributed by atoms with E-state index < -0.39 is 10.0 Å². The van der Waals surface area contributed by atoms with Crippen molar-refractivity contribution in [2.75, 3.05) is 10.0 Å². The van der Waals surface area contributed by atoms with E-state index in [1.54, 1.807) is 43.7 Å². The van der Waals surface area contributed by atoms with Crippen LogP contribution in [0.1, 0.15) is 11.1 Å². The van der Waals surface area contributed by atoms with Gasteiger partial charge in [-0.1, -0.05) is 17.7 Å². The second-order valence-corrected chi connectivity index (χ2v) is 7.75. The molecule has 26 heavy (non-hydrogen) atoms. The molecule has 0 saturated carbocycles. The Morgan fingerprint density at radius 2 is 1.96 bits per heavy atom. The number of sulfonamides is 1. The number of hydrogen-bond donors (Lipinski definition) is 2. The van der Waals surface area contributed by atoms with Crippen LogP contribution in [0.15, 0.2) is 66.0 Å². The first-order valence-corrected chi connectivity index (χ1v) is 9.68. The molecule has 2 N–H and O–H groups in total. The Labute approximate surface area is 157 Å². The van der Waals surface area contributed by atoms with Crippen molar-refractivity contribution in [3.05, 3.63) is 77.2 Å². The topological polar surface area (TPSA) is 84.0 Å². The van der Waals surface area contributed by atoms with Crippen molar-refractivity contribution in [1.82, 2.24) is 9.97 Å². The molecule has 0 bridgehead atoms. The van der Waals surface area contributed by atoms with E-state index in [1.807, 2.05) is 12.1 Å². The third-order valence-corrected chi connectivity index (χ3v) is 5.44. The van der Waals surface area contributed by atoms with Crippen molar-refractivity contribution >= 4 is 33.1 Å². The zero-order valence-corrected chi connectivity index (χ0v) is 15.6. The van der Waals surface area contributed by atoms with Crippen LogP contribution in [-0.4, -0.2) is 18.4 Å². The Hall–Kier alpha value is -2.64. The number of benzene rings is 1. The zero-order valence-electron chi connectivity index (χ0n) is 14.0. The van der Waals surface area contributed by atoms with E-state index >= 15 is 0 Å². The molecular weight excluding hydrogens is 372 g/mol. The van der Waals surface area contributed by atoms with E-state index in [1.165, 1.54) is 12.1 Å². The maximum absolute atomic E-state index is 12.4. The first-order chi connectivity index (χ1) is 12.4. The summed E-state index contributed by atoms with van der Waals surface area (Å²) in [6.07, 6.45) is 5.06. The van der Waals surface area contributed by atoms with E-state index in [9.17, 15) is 8.42 Å². The largest absolute Gasteiger partial charge is 0.380 e. The molecule has 0 spiro atoms. The molecule has 0 radical (unpaired) electrons. The zero-order chi connectivity index (χ0) is 18.6. The lowest BCUT2D eigenvalue weighted by Gasteiger charge is -2.10. The van der Waals surface area contributed by atoms with Crippen LogP contribution in [0.25, 0.3) is 0 Å². The summed E-state index contributed by atoms with van der Waals surface area (Å²) in [6.45, 7) is 2.35. The van der Waals surface area contributed by atoms with Gasteiger partial charge in [0.15, 0.2) is 0 Å². The van der Waals surface area contributed by atoms with Crippen molar-refractivity contribution in [3.8, 4) is 0 Å². The number of aryl methyl sites for hydroxylation is 1. The van der Waals surface area contributed by atoms with Crippen LogP contribution in [0.2, 0.25) is 5.02 Å². The Morgan fingerprint density at radius 1 is 1.12 bits per heavy atom. The number of hydrogen-bond acceptors (Lipinski definition) is 5. The van der Waals surface area contributed by atoms with Gasteiger partial charge in [0.25, 0.3) is 10.0 Å². The highest BCUT2D eigenvalue weighted by atomic mass is 35.5. The molecule has 134 valence electrons. The van der Waals surface area contributed by atoms with E-state index in [0.717, 1.165) is 11.3 Å². The van der Waals surface area contributed by atoms with Crippen LogP contribution >= 0.6 is 11.6 Å². The lowest BCUT2D eigenvalue weighted by Crippen LogP contribution is -2.14. The summed E-state index contributed by atoms with van der Waals surface area (Å²) in [6, 6.07) is 11.7. The maximum Gasteiger partial charge on any atom is 0.263 e.